The van der Waals surface area contributed by atoms with Gasteiger partial charge < -0.3 is 10.5 Å². The average Bonchev–Trinajstić information content (AvgIpc) is 2.18. The Morgan fingerprint density at radius 1 is 1.67 bits per heavy atom. The van der Waals surface area contributed by atoms with Crippen molar-refractivity contribution in [3.63, 3.8) is 0 Å². The van der Waals surface area contributed by atoms with Crippen molar-refractivity contribution in [1.29, 1.82) is 0 Å². The smallest absolute Gasteiger partial charge is 0.251 e. The Balaban J connectivity index is 2.79. The standard InChI is InChI=1S/C10H11FN2O2/c1-15-9-3-2-7(4-8(9)11)5-10(14)13-6-12/h2-4,6H,5H2,1H3,(H2,12,13,14). The van der Waals surface area contributed by atoms with Crippen molar-refractivity contribution < 1.29 is 13.9 Å². The number of ether oxygens (including phenoxy) is 1. The van der Waals surface area contributed by atoms with Crippen LogP contribution in [0.25, 0.3) is 0 Å². The lowest BCUT2D eigenvalue weighted by molar-refractivity contribution is -0.117. The molecule has 0 heterocycles. The summed E-state index contributed by atoms with van der Waals surface area (Å²) in [7, 11) is 1.38. The van der Waals surface area contributed by atoms with E-state index < -0.39 is 11.7 Å². The third kappa shape index (κ3) is 3.05. The van der Waals surface area contributed by atoms with Gasteiger partial charge in [0.15, 0.2) is 11.6 Å². The van der Waals surface area contributed by atoms with E-state index in [4.69, 9.17) is 10.5 Å². The number of carbonyl (C=O) groups is 1. The number of hydrogen-bond donors (Lipinski definition) is 1. The highest BCUT2D eigenvalue weighted by molar-refractivity contribution is 5.85. The maximum Gasteiger partial charge on any atom is 0.251 e. The number of aliphatic imine (C=N–C) groups is 1. The van der Waals surface area contributed by atoms with Gasteiger partial charge in [0.05, 0.1) is 19.9 Å². The van der Waals surface area contributed by atoms with Crippen LogP contribution in [0.5, 0.6) is 5.75 Å². The molecule has 0 spiro atoms. The summed E-state index contributed by atoms with van der Waals surface area (Å²) in [5.74, 6) is -0.768. The summed E-state index contributed by atoms with van der Waals surface area (Å²) >= 11 is 0. The number of benzene rings is 1. The number of methoxy groups -OCH3 is 1. The fourth-order valence-electron chi connectivity index (χ4n) is 1.12. The van der Waals surface area contributed by atoms with E-state index in [-0.39, 0.29) is 12.2 Å². The van der Waals surface area contributed by atoms with Crippen LogP contribution in [0.2, 0.25) is 0 Å². The van der Waals surface area contributed by atoms with Gasteiger partial charge in [-0.1, -0.05) is 6.07 Å². The molecule has 0 saturated carbocycles. The van der Waals surface area contributed by atoms with E-state index in [0.717, 1.165) is 6.34 Å². The highest BCUT2D eigenvalue weighted by atomic mass is 19.1. The van der Waals surface area contributed by atoms with E-state index in [2.05, 4.69) is 4.99 Å². The minimum atomic E-state index is -0.500. The molecule has 0 aromatic heterocycles. The van der Waals surface area contributed by atoms with E-state index in [1.54, 1.807) is 6.07 Å². The van der Waals surface area contributed by atoms with Gasteiger partial charge in [0, 0.05) is 0 Å². The second-order valence-electron chi connectivity index (χ2n) is 2.82. The van der Waals surface area contributed by atoms with Crippen molar-refractivity contribution in [2.75, 3.05) is 7.11 Å². The topological polar surface area (TPSA) is 64.7 Å². The van der Waals surface area contributed by atoms with Crippen LogP contribution >= 0.6 is 0 Å². The van der Waals surface area contributed by atoms with Gasteiger partial charge in [-0.2, -0.15) is 0 Å². The van der Waals surface area contributed by atoms with Crippen molar-refractivity contribution in [3.8, 4) is 5.75 Å². The summed E-state index contributed by atoms with van der Waals surface area (Å²) in [6, 6.07) is 4.30. The second-order valence-corrected chi connectivity index (χ2v) is 2.82. The number of hydrogen-bond acceptors (Lipinski definition) is 2. The predicted octanol–water partition coefficient (Wildman–Crippen LogP) is 0.890. The Kier molecular flexibility index (Phi) is 3.79. The van der Waals surface area contributed by atoms with E-state index in [1.165, 1.54) is 19.2 Å². The number of nitrogens with zero attached hydrogens (tertiary/aromatic N) is 1. The Labute approximate surface area is 86.6 Å². The third-order valence-electron chi connectivity index (χ3n) is 1.79. The molecule has 0 bridgehead atoms. The molecule has 0 radical (unpaired) electrons. The molecule has 80 valence electrons. The third-order valence-corrected chi connectivity index (χ3v) is 1.79. The van der Waals surface area contributed by atoms with Crippen molar-refractivity contribution in [2.24, 2.45) is 10.7 Å². The molecule has 0 aliphatic rings. The minimum Gasteiger partial charge on any atom is -0.494 e. The van der Waals surface area contributed by atoms with Crippen molar-refractivity contribution in [1.82, 2.24) is 0 Å². The van der Waals surface area contributed by atoms with Gasteiger partial charge in [0.1, 0.15) is 0 Å². The van der Waals surface area contributed by atoms with E-state index >= 15 is 0 Å². The van der Waals surface area contributed by atoms with Gasteiger partial charge in [-0.3, -0.25) is 4.79 Å². The van der Waals surface area contributed by atoms with Gasteiger partial charge in [-0.05, 0) is 17.7 Å². The molecular formula is C10H11FN2O2. The molecule has 0 unspecified atom stereocenters. The van der Waals surface area contributed by atoms with Crippen LogP contribution in [0.15, 0.2) is 23.2 Å². The zero-order valence-corrected chi connectivity index (χ0v) is 8.24. The molecule has 1 amide bonds. The Morgan fingerprint density at radius 3 is 2.93 bits per heavy atom. The number of halogens is 1. The highest BCUT2D eigenvalue weighted by Gasteiger charge is 2.06. The van der Waals surface area contributed by atoms with Crippen LogP contribution < -0.4 is 10.5 Å². The summed E-state index contributed by atoms with van der Waals surface area (Å²) in [6.07, 6.45) is 0.941. The van der Waals surface area contributed by atoms with Crippen molar-refractivity contribution in [3.05, 3.63) is 29.6 Å². The number of nitrogens with two attached hydrogens (primary N) is 1. The molecule has 0 atom stereocenters. The van der Waals surface area contributed by atoms with Crippen molar-refractivity contribution in [2.45, 2.75) is 6.42 Å². The molecule has 2 N–H and O–H groups in total. The number of rotatable bonds is 3. The minimum absolute atomic E-state index is 0.0224. The largest absolute Gasteiger partial charge is 0.494 e. The zero-order valence-electron chi connectivity index (χ0n) is 8.24. The Bertz CT molecular complexity index is 391. The molecule has 4 nitrogen and oxygen atoms in total. The normalized spacial score (nSPS) is 10.5. The molecular weight excluding hydrogens is 199 g/mol. The van der Waals surface area contributed by atoms with Crippen LogP contribution in [0.3, 0.4) is 0 Å². The maximum atomic E-state index is 13.2. The fourth-order valence-corrected chi connectivity index (χ4v) is 1.12. The first-order valence-corrected chi connectivity index (χ1v) is 4.27. The van der Waals surface area contributed by atoms with E-state index in [0.29, 0.717) is 5.56 Å². The number of amides is 1. The van der Waals surface area contributed by atoms with E-state index in [1.807, 2.05) is 0 Å². The van der Waals surface area contributed by atoms with Crippen LogP contribution in [0, 0.1) is 5.82 Å². The molecule has 0 aliphatic heterocycles. The monoisotopic (exact) mass is 210 g/mol. The van der Waals surface area contributed by atoms with Gasteiger partial charge in [-0.25, -0.2) is 9.38 Å². The van der Waals surface area contributed by atoms with Gasteiger partial charge >= 0.3 is 0 Å². The van der Waals surface area contributed by atoms with Gasteiger partial charge in [-0.15, -0.1) is 0 Å². The summed E-state index contributed by atoms with van der Waals surface area (Å²) < 4.78 is 17.9. The molecule has 1 aromatic carbocycles. The molecule has 1 rings (SSSR count). The first-order valence-electron chi connectivity index (χ1n) is 4.27. The SMILES string of the molecule is COc1ccc(CC(=O)N=CN)cc1F. The summed E-state index contributed by atoms with van der Waals surface area (Å²) in [6.45, 7) is 0. The maximum absolute atomic E-state index is 13.2. The Hall–Kier alpha value is -1.91. The summed E-state index contributed by atoms with van der Waals surface area (Å²) in [4.78, 5) is 14.4. The summed E-state index contributed by atoms with van der Waals surface area (Å²) in [5, 5.41) is 0. The first kappa shape index (κ1) is 11.2. The van der Waals surface area contributed by atoms with E-state index in [9.17, 15) is 9.18 Å². The quantitative estimate of drug-likeness (QED) is 0.595. The molecule has 5 heteroatoms. The first-order chi connectivity index (χ1) is 7.17. The molecule has 15 heavy (non-hydrogen) atoms. The van der Waals surface area contributed by atoms with Crippen LogP contribution in [-0.2, 0) is 11.2 Å². The Morgan fingerprint density at radius 2 is 2.40 bits per heavy atom. The lowest BCUT2D eigenvalue weighted by Gasteiger charge is -2.03. The highest BCUT2D eigenvalue weighted by Crippen LogP contribution is 2.17. The lowest BCUT2D eigenvalue weighted by atomic mass is 10.1. The van der Waals surface area contributed by atoms with Gasteiger partial charge in [0.2, 0.25) is 0 Å². The van der Waals surface area contributed by atoms with Crippen LogP contribution in [-0.4, -0.2) is 19.4 Å². The molecule has 0 fully saturated rings. The molecule has 0 saturated heterocycles. The van der Waals surface area contributed by atoms with Crippen LogP contribution in [0.4, 0.5) is 4.39 Å². The second kappa shape index (κ2) is 5.09. The fraction of sp³-hybridized carbons (Fsp3) is 0.200. The predicted molar refractivity (Wildman–Crippen MR) is 54.3 cm³/mol. The summed E-state index contributed by atoms with van der Waals surface area (Å²) in [5.41, 5.74) is 5.48. The zero-order chi connectivity index (χ0) is 11.3. The van der Waals surface area contributed by atoms with Gasteiger partial charge in [0.25, 0.3) is 5.91 Å². The lowest BCUT2D eigenvalue weighted by Crippen LogP contribution is -2.02. The van der Waals surface area contributed by atoms with Crippen LogP contribution in [0.1, 0.15) is 5.56 Å². The average molecular weight is 210 g/mol. The van der Waals surface area contributed by atoms with Crippen molar-refractivity contribution >= 4 is 12.2 Å². The number of carbonyl (C=O) groups excluding carboxylic acids is 1. The molecule has 1 aromatic rings. The molecule has 0 aliphatic carbocycles.